The van der Waals surface area contributed by atoms with Gasteiger partial charge in [-0.15, -0.1) is 0 Å². The monoisotopic (exact) mass is 364 g/mol. The molecule has 0 amide bonds. The molecule has 140 valence electrons. The minimum Gasteiger partial charge on any atom is -0.318 e. The van der Waals surface area contributed by atoms with E-state index in [-0.39, 0.29) is 18.1 Å². The Morgan fingerprint density at radius 1 is 1.04 bits per heavy atom. The second-order valence-electron chi connectivity index (χ2n) is 6.90. The lowest BCUT2D eigenvalue weighted by molar-refractivity contribution is 0.0991. The van der Waals surface area contributed by atoms with Crippen LogP contribution in [0.4, 0.5) is 4.39 Å². The molecule has 3 aromatic rings. The lowest BCUT2D eigenvalue weighted by atomic mass is 10.1. The summed E-state index contributed by atoms with van der Waals surface area (Å²) >= 11 is 0. The predicted octanol–water partition coefficient (Wildman–Crippen LogP) is 4.56. The van der Waals surface area contributed by atoms with E-state index in [0.29, 0.717) is 18.5 Å². The summed E-state index contributed by atoms with van der Waals surface area (Å²) in [6, 6.07) is 16.9. The predicted molar refractivity (Wildman–Crippen MR) is 107 cm³/mol. The van der Waals surface area contributed by atoms with Crippen molar-refractivity contribution < 1.29 is 9.18 Å². The number of hydrogen-bond donors (Lipinski definition) is 1. The van der Waals surface area contributed by atoms with Crippen LogP contribution in [0.15, 0.2) is 54.6 Å². The minimum absolute atomic E-state index is 0.0509. The van der Waals surface area contributed by atoms with Gasteiger partial charge in [-0.05, 0) is 63.6 Å². The number of ketones is 1. The summed E-state index contributed by atoms with van der Waals surface area (Å²) in [5, 5.41) is 3.14. The molecule has 0 saturated heterocycles. The van der Waals surface area contributed by atoms with Gasteiger partial charge in [0.25, 0.3) is 0 Å². The van der Waals surface area contributed by atoms with Crippen LogP contribution in [0.2, 0.25) is 0 Å². The summed E-state index contributed by atoms with van der Waals surface area (Å²) in [6.07, 6.45) is 0.558. The molecule has 1 heterocycles. The SMILES string of the molecule is Cc1ccc(-n2c(C)cc(C(=O)CNCCc3ccccc3F)c2C)cc1. The van der Waals surface area contributed by atoms with Crippen LogP contribution in [0.1, 0.15) is 32.9 Å². The number of aryl methyl sites for hydroxylation is 2. The maximum absolute atomic E-state index is 13.6. The molecule has 0 aliphatic carbocycles. The van der Waals surface area contributed by atoms with E-state index < -0.39 is 0 Å². The molecule has 0 saturated carbocycles. The molecule has 3 nitrogen and oxygen atoms in total. The van der Waals surface area contributed by atoms with Gasteiger partial charge in [-0.3, -0.25) is 4.79 Å². The van der Waals surface area contributed by atoms with E-state index >= 15 is 0 Å². The van der Waals surface area contributed by atoms with Gasteiger partial charge in [0, 0.05) is 22.6 Å². The molecule has 27 heavy (non-hydrogen) atoms. The first-order valence-corrected chi connectivity index (χ1v) is 9.20. The number of Topliss-reactive ketones (excluding diaryl/α,β-unsaturated/α-hetero) is 1. The highest BCUT2D eigenvalue weighted by atomic mass is 19.1. The number of carbonyl (C=O) groups is 1. The van der Waals surface area contributed by atoms with Crippen molar-refractivity contribution in [1.29, 1.82) is 0 Å². The summed E-state index contributed by atoms with van der Waals surface area (Å²) < 4.78 is 15.7. The topological polar surface area (TPSA) is 34.0 Å². The Hall–Kier alpha value is -2.72. The van der Waals surface area contributed by atoms with Crippen molar-refractivity contribution in [3.63, 3.8) is 0 Å². The van der Waals surface area contributed by atoms with Gasteiger partial charge in [0.2, 0.25) is 0 Å². The molecule has 0 bridgehead atoms. The Kier molecular flexibility index (Phi) is 5.87. The number of carbonyl (C=O) groups excluding carboxylic acids is 1. The van der Waals surface area contributed by atoms with E-state index in [9.17, 15) is 9.18 Å². The molecular formula is C23H25FN2O. The van der Waals surface area contributed by atoms with Crippen molar-refractivity contribution in [3.05, 3.63) is 88.5 Å². The van der Waals surface area contributed by atoms with Crippen molar-refractivity contribution in [3.8, 4) is 5.69 Å². The van der Waals surface area contributed by atoms with Crippen LogP contribution in [0.3, 0.4) is 0 Å². The summed E-state index contributed by atoms with van der Waals surface area (Å²) in [5.41, 5.74) is 5.63. The zero-order chi connectivity index (χ0) is 19.4. The molecule has 4 heteroatoms. The Balaban J connectivity index is 1.64. The van der Waals surface area contributed by atoms with E-state index in [1.165, 1.54) is 11.6 Å². The van der Waals surface area contributed by atoms with Gasteiger partial charge < -0.3 is 9.88 Å². The molecule has 0 aliphatic rings. The fourth-order valence-corrected chi connectivity index (χ4v) is 3.36. The highest BCUT2D eigenvalue weighted by Gasteiger charge is 2.16. The van der Waals surface area contributed by atoms with E-state index in [4.69, 9.17) is 0 Å². The zero-order valence-electron chi connectivity index (χ0n) is 16.1. The number of nitrogens with one attached hydrogen (secondary N) is 1. The summed E-state index contributed by atoms with van der Waals surface area (Å²) in [5.74, 6) is -0.151. The first kappa shape index (κ1) is 19.1. The Labute approximate surface area is 159 Å². The maximum Gasteiger partial charge on any atom is 0.178 e. The van der Waals surface area contributed by atoms with E-state index in [2.05, 4.69) is 41.1 Å². The summed E-state index contributed by atoms with van der Waals surface area (Å²) in [7, 11) is 0. The molecular weight excluding hydrogens is 339 g/mol. The number of benzene rings is 2. The van der Waals surface area contributed by atoms with Gasteiger partial charge in [0.1, 0.15) is 5.82 Å². The third-order valence-corrected chi connectivity index (χ3v) is 4.84. The molecule has 1 N–H and O–H groups in total. The number of hydrogen-bond acceptors (Lipinski definition) is 2. The second kappa shape index (κ2) is 8.31. The average molecular weight is 364 g/mol. The molecule has 2 aromatic carbocycles. The van der Waals surface area contributed by atoms with Crippen molar-refractivity contribution in [1.82, 2.24) is 9.88 Å². The van der Waals surface area contributed by atoms with Crippen molar-refractivity contribution in [2.24, 2.45) is 0 Å². The summed E-state index contributed by atoms with van der Waals surface area (Å²) in [6.45, 7) is 6.84. The summed E-state index contributed by atoms with van der Waals surface area (Å²) in [4.78, 5) is 12.6. The van der Waals surface area contributed by atoms with Crippen LogP contribution in [0, 0.1) is 26.6 Å². The fraction of sp³-hybridized carbons (Fsp3) is 0.261. The third-order valence-electron chi connectivity index (χ3n) is 4.84. The Bertz CT molecular complexity index is 942. The quantitative estimate of drug-likeness (QED) is 0.493. The van der Waals surface area contributed by atoms with E-state index in [1.54, 1.807) is 12.1 Å². The van der Waals surface area contributed by atoms with Crippen molar-refractivity contribution >= 4 is 5.78 Å². The highest BCUT2D eigenvalue weighted by molar-refractivity contribution is 5.99. The maximum atomic E-state index is 13.6. The largest absolute Gasteiger partial charge is 0.318 e. The van der Waals surface area contributed by atoms with Gasteiger partial charge in [-0.2, -0.15) is 0 Å². The Morgan fingerprint density at radius 3 is 2.44 bits per heavy atom. The molecule has 1 aromatic heterocycles. The molecule has 0 aliphatic heterocycles. The van der Waals surface area contributed by atoms with E-state index in [0.717, 1.165) is 22.6 Å². The molecule has 0 spiro atoms. The van der Waals surface area contributed by atoms with Crippen LogP contribution < -0.4 is 5.32 Å². The average Bonchev–Trinajstić information content (AvgIpc) is 2.95. The van der Waals surface area contributed by atoms with Crippen LogP contribution in [-0.4, -0.2) is 23.4 Å². The van der Waals surface area contributed by atoms with Crippen molar-refractivity contribution in [2.75, 3.05) is 13.1 Å². The van der Waals surface area contributed by atoms with Gasteiger partial charge in [-0.1, -0.05) is 35.9 Å². The van der Waals surface area contributed by atoms with Gasteiger partial charge >= 0.3 is 0 Å². The van der Waals surface area contributed by atoms with Gasteiger partial charge in [0.05, 0.1) is 6.54 Å². The fourth-order valence-electron chi connectivity index (χ4n) is 3.36. The first-order valence-electron chi connectivity index (χ1n) is 9.20. The molecule has 0 fully saturated rings. The number of aromatic nitrogens is 1. The van der Waals surface area contributed by atoms with Crippen LogP contribution in [0.25, 0.3) is 5.69 Å². The Morgan fingerprint density at radius 2 is 1.74 bits per heavy atom. The number of rotatable bonds is 7. The van der Waals surface area contributed by atoms with E-state index in [1.807, 2.05) is 26.0 Å². The van der Waals surface area contributed by atoms with Gasteiger partial charge in [0.15, 0.2) is 5.78 Å². The molecule has 0 unspecified atom stereocenters. The van der Waals surface area contributed by atoms with Gasteiger partial charge in [-0.25, -0.2) is 4.39 Å². The number of halogens is 1. The third kappa shape index (κ3) is 4.34. The lowest BCUT2D eigenvalue weighted by Gasteiger charge is -2.10. The minimum atomic E-state index is -0.202. The lowest BCUT2D eigenvalue weighted by Crippen LogP contribution is -2.25. The first-order chi connectivity index (χ1) is 13.0. The second-order valence-corrected chi connectivity index (χ2v) is 6.90. The normalized spacial score (nSPS) is 11.0. The standard InChI is InChI=1S/C23H25FN2O/c1-16-8-10-20(11-9-16)26-17(2)14-21(18(26)3)23(27)15-25-13-12-19-6-4-5-7-22(19)24/h4-11,14,25H,12-13,15H2,1-3H3. The van der Waals surface area contributed by atoms with Crippen molar-refractivity contribution in [2.45, 2.75) is 27.2 Å². The van der Waals surface area contributed by atoms with Crippen LogP contribution in [-0.2, 0) is 6.42 Å². The van der Waals surface area contributed by atoms with Crippen LogP contribution in [0.5, 0.6) is 0 Å². The smallest absolute Gasteiger partial charge is 0.178 e. The molecule has 0 radical (unpaired) electrons. The zero-order valence-corrected chi connectivity index (χ0v) is 16.1. The van der Waals surface area contributed by atoms with Crippen LogP contribution >= 0.6 is 0 Å². The molecule has 0 atom stereocenters. The molecule has 3 rings (SSSR count). The highest BCUT2D eigenvalue weighted by Crippen LogP contribution is 2.21. The number of nitrogens with zero attached hydrogens (tertiary/aromatic N) is 1.